The van der Waals surface area contributed by atoms with Gasteiger partial charge in [0.1, 0.15) is 0 Å². The normalized spacial score (nSPS) is 23.4. The quantitative estimate of drug-likeness (QED) is 0.701. The summed E-state index contributed by atoms with van der Waals surface area (Å²) in [5.74, 6) is 0.241. The summed E-state index contributed by atoms with van der Waals surface area (Å²) in [5.41, 5.74) is 0.0760. The molecule has 0 aromatic heterocycles. The van der Waals surface area contributed by atoms with E-state index in [1.807, 2.05) is 19.0 Å². The van der Waals surface area contributed by atoms with Gasteiger partial charge in [-0.25, -0.2) is 0 Å². The summed E-state index contributed by atoms with van der Waals surface area (Å²) >= 11 is 0. The number of piperidine rings is 1. The van der Waals surface area contributed by atoms with Crippen LogP contribution in [0.5, 0.6) is 0 Å². The van der Waals surface area contributed by atoms with Crippen molar-refractivity contribution in [3.63, 3.8) is 0 Å². The zero-order valence-corrected chi connectivity index (χ0v) is 11.7. The topological polar surface area (TPSA) is 44.4 Å². The first-order valence-electron chi connectivity index (χ1n) is 6.62. The summed E-state index contributed by atoms with van der Waals surface area (Å²) < 4.78 is 0. The Hall–Kier alpha value is -0.610. The van der Waals surface area contributed by atoms with Crippen molar-refractivity contribution in [1.82, 2.24) is 15.5 Å². The van der Waals surface area contributed by atoms with E-state index >= 15 is 0 Å². The number of nitrogens with zero attached hydrogens (tertiary/aromatic N) is 1. The molecule has 0 aromatic rings. The van der Waals surface area contributed by atoms with Crippen LogP contribution in [0.3, 0.4) is 0 Å². The van der Waals surface area contributed by atoms with Crippen LogP contribution in [-0.4, -0.2) is 50.6 Å². The van der Waals surface area contributed by atoms with Gasteiger partial charge in [-0.05, 0) is 44.8 Å². The minimum Gasteiger partial charge on any atom is -0.344 e. The highest BCUT2D eigenvalue weighted by Gasteiger charge is 2.38. The maximum Gasteiger partial charge on any atom is 0.240 e. The van der Waals surface area contributed by atoms with Gasteiger partial charge in [0.05, 0.1) is 6.04 Å². The van der Waals surface area contributed by atoms with E-state index in [2.05, 4.69) is 24.5 Å². The minimum atomic E-state index is -0.0177. The molecule has 17 heavy (non-hydrogen) atoms. The fourth-order valence-corrected chi connectivity index (χ4v) is 2.46. The second-order valence-corrected chi connectivity index (χ2v) is 5.70. The predicted molar refractivity (Wildman–Crippen MR) is 71.0 cm³/mol. The van der Waals surface area contributed by atoms with Crippen LogP contribution >= 0.6 is 0 Å². The maximum absolute atomic E-state index is 12.4. The number of carbonyl (C=O) groups is 1. The van der Waals surface area contributed by atoms with Crippen molar-refractivity contribution in [1.29, 1.82) is 0 Å². The Morgan fingerprint density at radius 2 is 2.24 bits per heavy atom. The molecule has 0 bridgehead atoms. The first-order valence-corrected chi connectivity index (χ1v) is 6.62. The molecule has 0 aliphatic carbocycles. The lowest BCUT2D eigenvalue weighted by atomic mass is 9.77. The van der Waals surface area contributed by atoms with Gasteiger partial charge in [-0.15, -0.1) is 0 Å². The van der Waals surface area contributed by atoms with E-state index in [9.17, 15) is 4.79 Å². The third-order valence-corrected chi connectivity index (χ3v) is 3.67. The van der Waals surface area contributed by atoms with E-state index in [0.717, 1.165) is 32.5 Å². The summed E-state index contributed by atoms with van der Waals surface area (Å²) in [5, 5.41) is 6.48. The predicted octanol–water partition coefficient (Wildman–Crippen LogP) is 0.833. The average Bonchev–Trinajstić information content (AvgIpc) is 2.28. The summed E-state index contributed by atoms with van der Waals surface area (Å²) in [6, 6.07) is -0.0177. The zero-order valence-electron chi connectivity index (χ0n) is 11.7. The second-order valence-electron chi connectivity index (χ2n) is 5.70. The highest BCUT2D eigenvalue weighted by atomic mass is 16.2. The molecule has 100 valence electrons. The molecule has 4 heteroatoms. The van der Waals surface area contributed by atoms with Gasteiger partial charge in [0, 0.05) is 13.6 Å². The van der Waals surface area contributed by atoms with Crippen LogP contribution in [0.25, 0.3) is 0 Å². The average molecular weight is 241 g/mol. The minimum absolute atomic E-state index is 0.0177. The van der Waals surface area contributed by atoms with Crippen LogP contribution < -0.4 is 10.6 Å². The van der Waals surface area contributed by atoms with Crippen molar-refractivity contribution >= 4 is 5.91 Å². The van der Waals surface area contributed by atoms with Crippen molar-refractivity contribution in [3.8, 4) is 0 Å². The number of hydrogen-bond donors (Lipinski definition) is 2. The molecule has 0 aromatic carbocycles. The van der Waals surface area contributed by atoms with Crippen molar-refractivity contribution in [2.45, 2.75) is 39.2 Å². The molecule has 1 aliphatic heterocycles. The van der Waals surface area contributed by atoms with Crippen LogP contribution in [0, 0.1) is 5.41 Å². The van der Waals surface area contributed by atoms with Crippen LogP contribution in [0.15, 0.2) is 0 Å². The lowest BCUT2D eigenvalue weighted by molar-refractivity contribution is -0.136. The molecule has 1 aliphatic rings. The standard InChI is InChI=1S/C13H27N3O/c1-13(2)7-5-9-15-11(13)12(17)16(4)10-6-8-14-3/h11,14-15H,5-10H2,1-4H3. The molecule has 1 heterocycles. The number of nitrogens with one attached hydrogen (secondary N) is 2. The lowest BCUT2D eigenvalue weighted by Crippen LogP contribution is -2.56. The molecule has 0 saturated carbocycles. The van der Waals surface area contributed by atoms with E-state index in [0.29, 0.717) is 0 Å². The van der Waals surface area contributed by atoms with Gasteiger partial charge in [0.25, 0.3) is 0 Å². The molecule has 1 atom stereocenters. The highest BCUT2D eigenvalue weighted by molar-refractivity contribution is 5.82. The van der Waals surface area contributed by atoms with Gasteiger partial charge >= 0.3 is 0 Å². The molecule has 1 saturated heterocycles. The van der Waals surface area contributed by atoms with Crippen molar-refractivity contribution < 1.29 is 4.79 Å². The van der Waals surface area contributed by atoms with Crippen LogP contribution in [0.2, 0.25) is 0 Å². The van der Waals surface area contributed by atoms with Gasteiger partial charge in [-0.2, -0.15) is 0 Å². The molecule has 1 fully saturated rings. The molecule has 1 unspecified atom stereocenters. The molecule has 1 amide bonds. The Balaban J connectivity index is 2.49. The van der Waals surface area contributed by atoms with Gasteiger partial charge in [-0.1, -0.05) is 13.8 Å². The van der Waals surface area contributed by atoms with E-state index in [-0.39, 0.29) is 17.4 Å². The van der Waals surface area contributed by atoms with Gasteiger partial charge in [0.2, 0.25) is 5.91 Å². The third kappa shape index (κ3) is 3.96. The fraction of sp³-hybridized carbons (Fsp3) is 0.923. The summed E-state index contributed by atoms with van der Waals surface area (Å²) in [7, 11) is 3.85. The van der Waals surface area contributed by atoms with Crippen molar-refractivity contribution in [3.05, 3.63) is 0 Å². The highest BCUT2D eigenvalue weighted by Crippen LogP contribution is 2.30. The molecule has 0 spiro atoms. The first kappa shape index (κ1) is 14.5. The van der Waals surface area contributed by atoms with Crippen LogP contribution in [-0.2, 0) is 4.79 Å². The van der Waals surface area contributed by atoms with Crippen LogP contribution in [0.1, 0.15) is 33.1 Å². The molecular formula is C13H27N3O. The van der Waals surface area contributed by atoms with Gasteiger partial charge < -0.3 is 15.5 Å². The number of hydrogen-bond acceptors (Lipinski definition) is 3. The monoisotopic (exact) mass is 241 g/mol. The first-order chi connectivity index (χ1) is 7.99. The number of likely N-dealkylation sites (N-methyl/N-ethyl adjacent to an activating group) is 1. The maximum atomic E-state index is 12.4. The van der Waals surface area contributed by atoms with E-state index in [4.69, 9.17) is 0 Å². The number of amides is 1. The van der Waals surface area contributed by atoms with Gasteiger partial charge in [0.15, 0.2) is 0 Å². The second kappa shape index (κ2) is 6.36. The zero-order chi connectivity index (χ0) is 12.9. The number of carbonyl (C=O) groups excluding carboxylic acids is 1. The molecule has 0 radical (unpaired) electrons. The fourth-order valence-electron chi connectivity index (χ4n) is 2.46. The van der Waals surface area contributed by atoms with E-state index in [1.54, 1.807) is 0 Å². The molecule has 4 nitrogen and oxygen atoms in total. The molecule has 2 N–H and O–H groups in total. The Kier molecular flexibility index (Phi) is 5.40. The molecular weight excluding hydrogens is 214 g/mol. The smallest absolute Gasteiger partial charge is 0.240 e. The largest absolute Gasteiger partial charge is 0.344 e. The lowest BCUT2D eigenvalue weighted by Gasteiger charge is -2.40. The molecule has 1 rings (SSSR count). The van der Waals surface area contributed by atoms with Crippen LogP contribution in [0.4, 0.5) is 0 Å². The van der Waals surface area contributed by atoms with E-state index < -0.39 is 0 Å². The summed E-state index contributed by atoms with van der Waals surface area (Å²) in [6.45, 7) is 7.11. The Morgan fingerprint density at radius 1 is 1.53 bits per heavy atom. The Bertz CT molecular complexity index is 253. The van der Waals surface area contributed by atoms with Crippen molar-refractivity contribution in [2.24, 2.45) is 5.41 Å². The summed E-state index contributed by atoms with van der Waals surface area (Å²) in [4.78, 5) is 14.2. The SMILES string of the molecule is CNCCCN(C)C(=O)C1NCCCC1(C)C. The number of rotatable bonds is 5. The third-order valence-electron chi connectivity index (χ3n) is 3.67. The van der Waals surface area contributed by atoms with Crippen molar-refractivity contribution in [2.75, 3.05) is 33.7 Å². The Labute approximate surface area is 105 Å². The summed E-state index contributed by atoms with van der Waals surface area (Å²) in [6.07, 6.45) is 3.30. The van der Waals surface area contributed by atoms with Gasteiger partial charge in [-0.3, -0.25) is 4.79 Å². The van der Waals surface area contributed by atoms with E-state index in [1.165, 1.54) is 6.42 Å². The Morgan fingerprint density at radius 3 is 2.82 bits per heavy atom.